The molecule has 0 saturated carbocycles. The third kappa shape index (κ3) is 5.88. The molecule has 0 aliphatic rings. The van der Waals surface area contributed by atoms with E-state index in [1.54, 1.807) is 43.5 Å². The molecule has 0 radical (unpaired) electrons. The number of halogens is 1. The lowest BCUT2D eigenvalue weighted by molar-refractivity contribution is -0.125. The SMILES string of the molecule is COc1ccc(CC(=O)NCC(=O)N/N=C\c2ccc(Br)o2)cc1. The first-order valence-electron chi connectivity index (χ1n) is 7.03. The van der Waals surface area contributed by atoms with Crippen molar-refractivity contribution < 1.29 is 18.7 Å². The van der Waals surface area contributed by atoms with Crippen molar-refractivity contribution in [3.8, 4) is 5.75 Å². The van der Waals surface area contributed by atoms with Crippen molar-refractivity contribution in [2.75, 3.05) is 13.7 Å². The molecular formula is C16H16BrN3O4. The lowest BCUT2D eigenvalue weighted by Crippen LogP contribution is -2.35. The van der Waals surface area contributed by atoms with Crippen LogP contribution >= 0.6 is 15.9 Å². The normalized spacial score (nSPS) is 10.6. The smallest absolute Gasteiger partial charge is 0.259 e. The number of ether oxygens (including phenoxy) is 1. The second kappa shape index (κ2) is 8.88. The number of nitrogens with zero attached hydrogens (tertiary/aromatic N) is 1. The molecule has 0 bridgehead atoms. The molecule has 2 aromatic rings. The molecule has 0 aliphatic heterocycles. The van der Waals surface area contributed by atoms with Gasteiger partial charge in [-0.3, -0.25) is 9.59 Å². The van der Waals surface area contributed by atoms with Crippen molar-refractivity contribution in [1.29, 1.82) is 0 Å². The Morgan fingerprint density at radius 3 is 2.58 bits per heavy atom. The van der Waals surface area contributed by atoms with Gasteiger partial charge in [-0.1, -0.05) is 12.1 Å². The summed E-state index contributed by atoms with van der Waals surface area (Å²) >= 11 is 3.16. The van der Waals surface area contributed by atoms with Gasteiger partial charge in [0, 0.05) is 0 Å². The van der Waals surface area contributed by atoms with Crippen LogP contribution in [0.15, 0.2) is 50.6 Å². The van der Waals surface area contributed by atoms with E-state index in [-0.39, 0.29) is 18.9 Å². The van der Waals surface area contributed by atoms with E-state index in [9.17, 15) is 9.59 Å². The van der Waals surface area contributed by atoms with Gasteiger partial charge in [-0.15, -0.1) is 0 Å². The van der Waals surface area contributed by atoms with Crippen molar-refractivity contribution in [3.05, 3.63) is 52.4 Å². The molecule has 0 atom stereocenters. The zero-order chi connectivity index (χ0) is 17.4. The highest BCUT2D eigenvalue weighted by Crippen LogP contribution is 2.12. The Kier molecular flexibility index (Phi) is 6.56. The van der Waals surface area contributed by atoms with Crippen molar-refractivity contribution in [1.82, 2.24) is 10.7 Å². The number of nitrogens with one attached hydrogen (secondary N) is 2. The number of carbonyl (C=O) groups is 2. The molecule has 0 aliphatic carbocycles. The molecular weight excluding hydrogens is 378 g/mol. The van der Waals surface area contributed by atoms with E-state index in [4.69, 9.17) is 9.15 Å². The highest BCUT2D eigenvalue weighted by atomic mass is 79.9. The molecule has 0 saturated heterocycles. The lowest BCUT2D eigenvalue weighted by Gasteiger charge is -2.05. The minimum absolute atomic E-state index is 0.159. The van der Waals surface area contributed by atoms with Crippen LogP contribution in [0.3, 0.4) is 0 Å². The standard InChI is InChI=1S/C16H16BrN3O4/c1-23-12-4-2-11(3-5-12)8-15(21)18-10-16(22)20-19-9-13-6-7-14(17)24-13/h2-7,9H,8,10H2,1H3,(H,18,21)(H,20,22)/b19-9-. The van der Waals surface area contributed by atoms with Gasteiger partial charge in [-0.2, -0.15) is 5.10 Å². The molecule has 1 aromatic heterocycles. The van der Waals surface area contributed by atoms with E-state index >= 15 is 0 Å². The van der Waals surface area contributed by atoms with Gasteiger partial charge in [-0.05, 0) is 45.8 Å². The maximum Gasteiger partial charge on any atom is 0.259 e. The molecule has 24 heavy (non-hydrogen) atoms. The molecule has 2 amide bonds. The van der Waals surface area contributed by atoms with Gasteiger partial charge in [0.2, 0.25) is 5.91 Å². The minimum Gasteiger partial charge on any atom is -0.497 e. The Morgan fingerprint density at radius 2 is 1.96 bits per heavy atom. The third-order valence-corrected chi connectivity index (χ3v) is 3.37. The predicted octanol–water partition coefficient (Wildman–Crippen LogP) is 1.86. The quantitative estimate of drug-likeness (QED) is 0.554. The van der Waals surface area contributed by atoms with E-state index in [1.807, 2.05) is 0 Å². The number of rotatable bonds is 7. The van der Waals surface area contributed by atoms with Crippen molar-refractivity contribution in [2.24, 2.45) is 5.10 Å². The van der Waals surface area contributed by atoms with Gasteiger partial charge in [0.25, 0.3) is 5.91 Å². The zero-order valence-corrected chi connectivity index (χ0v) is 14.5. The van der Waals surface area contributed by atoms with Crippen LogP contribution in [-0.4, -0.2) is 31.7 Å². The summed E-state index contributed by atoms with van der Waals surface area (Å²) in [6.45, 7) is -0.159. The van der Waals surface area contributed by atoms with Crippen LogP contribution in [0.4, 0.5) is 0 Å². The average Bonchev–Trinajstić information content (AvgIpc) is 2.99. The summed E-state index contributed by atoms with van der Waals surface area (Å²) in [6, 6.07) is 10.5. The number of hydrazone groups is 1. The Balaban J connectivity index is 1.70. The van der Waals surface area contributed by atoms with E-state index in [1.165, 1.54) is 6.21 Å². The molecule has 2 N–H and O–H groups in total. The summed E-state index contributed by atoms with van der Waals surface area (Å²) < 4.78 is 10.8. The van der Waals surface area contributed by atoms with Crippen LogP contribution in [0, 0.1) is 0 Å². The molecule has 0 unspecified atom stereocenters. The minimum atomic E-state index is -0.431. The van der Waals surface area contributed by atoms with Crippen LogP contribution in [-0.2, 0) is 16.0 Å². The fourth-order valence-electron chi connectivity index (χ4n) is 1.78. The zero-order valence-electron chi connectivity index (χ0n) is 12.9. The Labute approximate surface area is 147 Å². The Morgan fingerprint density at radius 1 is 1.21 bits per heavy atom. The second-order valence-electron chi connectivity index (χ2n) is 4.74. The number of hydrogen-bond donors (Lipinski definition) is 2. The third-order valence-electron chi connectivity index (χ3n) is 2.94. The maximum atomic E-state index is 11.8. The highest BCUT2D eigenvalue weighted by molar-refractivity contribution is 9.10. The summed E-state index contributed by atoms with van der Waals surface area (Å²) in [6.07, 6.45) is 1.54. The molecule has 2 rings (SSSR count). The van der Waals surface area contributed by atoms with Crippen molar-refractivity contribution >= 4 is 34.0 Å². The number of furan rings is 1. The molecule has 126 valence electrons. The van der Waals surface area contributed by atoms with Gasteiger partial charge < -0.3 is 14.5 Å². The van der Waals surface area contributed by atoms with E-state index < -0.39 is 5.91 Å². The first kappa shape index (κ1) is 17.7. The van der Waals surface area contributed by atoms with E-state index in [2.05, 4.69) is 31.8 Å². The van der Waals surface area contributed by atoms with Crippen LogP contribution in [0.1, 0.15) is 11.3 Å². The van der Waals surface area contributed by atoms with Crippen molar-refractivity contribution in [2.45, 2.75) is 6.42 Å². The highest BCUT2D eigenvalue weighted by Gasteiger charge is 2.06. The van der Waals surface area contributed by atoms with Gasteiger partial charge in [0.05, 0.1) is 26.3 Å². The van der Waals surface area contributed by atoms with E-state index in [0.29, 0.717) is 10.4 Å². The monoisotopic (exact) mass is 393 g/mol. The van der Waals surface area contributed by atoms with Crippen LogP contribution in [0.5, 0.6) is 5.75 Å². The summed E-state index contributed by atoms with van der Waals surface area (Å²) in [5, 5.41) is 6.26. The Bertz CT molecular complexity index is 725. The van der Waals surface area contributed by atoms with Gasteiger partial charge in [-0.25, -0.2) is 5.43 Å². The van der Waals surface area contributed by atoms with Gasteiger partial charge in [0.15, 0.2) is 4.67 Å². The first-order chi connectivity index (χ1) is 11.6. The molecule has 1 aromatic carbocycles. The first-order valence-corrected chi connectivity index (χ1v) is 7.83. The molecule has 7 nitrogen and oxygen atoms in total. The summed E-state index contributed by atoms with van der Waals surface area (Å²) in [5.41, 5.74) is 3.13. The summed E-state index contributed by atoms with van der Waals surface area (Å²) in [7, 11) is 1.58. The van der Waals surface area contributed by atoms with Gasteiger partial charge in [0.1, 0.15) is 11.5 Å². The number of amides is 2. The molecule has 1 heterocycles. The fraction of sp³-hybridized carbons (Fsp3) is 0.188. The predicted molar refractivity (Wildman–Crippen MR) is 91.9 cm³/mol. The summed E-state index contributed by atoms with van der Waals surface area (Å²) in [4.78, 5) is 23.4. The fourth-order valence-corrected chi connectivity index (χ4v) is 2.09. The molecule has 0 spiro atoms. The number of benzene rings is 1. The molecule has 8 heteroatoms. The maximum absolute atomic E-state index is 11.8. The second-order valence-corrected chi connectivity index (χ2v) is 5.52. The number of methoxy groups -OCH3 is 1. The van der Waals surface area contributed by atoms with Crippen LogP contribution in [0.25, 0.3) is 0 Å². The van der Waals surface area contributed by atoms with E-state index in [0.717, 1.165) is 11.3 Å². The number of hydrogen-bond acceptors (Lipinski definition) is 5. The largest absolute Gasteiger partial charge is 0.497 e. The summed E-state index contributed by atoms with van der Waals surface area (Å²) in [5.74, 6) is 0.528. The molecule has 0 fully saturated rings. The topological polar surface area (TPSA) is 92.9 Å². The van der Waals surface area contributed by atoms with Crippen LogP contribution < -0.4 is 15.5 Å². The van der Waals surface area contributed by atoms with Crippen LogP contribution in [0.2, 0.25) is 0 Å². The average molecular weight is 394 g/mol. The van der Waals surface area contributed by atoms with Crippen molar-refractivity contribution in [3.63, 3.8) is 0 Å². The lowest BCUT2D eigenvalue weighted by atomic mass is 10.1. The van der Waals surface area contributed by atoms with Gasteiger partial charge >= 0.3 is 0 Å². The Hall–Kier alpha value is -2.61. The number of carbonyl (C=O) groups excluding carboxylic acids is 2.